The van der Waals surface area contributed by atoms with E-state index in [9.17, 15) is 4.79 Å². The van der Waals surface area contributed by atoms with Gasteiger partial charge in [0.25, 0.3) is 0 Å². The van der Waals surface area contributed by atoms with Gasteiger partial charge in [-0.05, 0) is 55.8 Å². The summed E-state index contributed by atoms with van der Waals surface area (Å²) < 4.78 is 0. The lowest BCUT2D eigenvalue weighted by molar-refractivity contribution is -0.123. The van der Waals surface area contributed by atoms with Crippen molar-refractivity contribution in [2.45, 2.75) is 57.5 Å². The monoisotopic (exact) mass is 334 g/mol. The van der Waals surface area contributed by atoms with E-state index in [-0.39, 0.29) is 5.91 Å². The van der Waals surface area contributed by atoms with Crippen LogP contribution < -0.4 is 5.32 Å². The van der Waals surface area contributed by atoms with Crippen molar-refractivity contribution < 1.29 is 4.79 Å². The largest absolute Gasteiger partial charge is 0.352 e. The van der Waals surface area contributed by atoms with Crippen LogP contribution >= 0.6 is 11.6 Å². The van der Waals surface area contributed by atoms with Crippen LogP contribution in [0.5, 0.6) is 0 Å². The zero-order chi connectivity index (χ0) is 16.2. The Hall–Kier alpha value is -1.06. The lowest BCUT2D eigenvalue weighted by Crippen LogP contribution is -2.45. The molecule has 1 N–H and O–H groups in total. The highest BCUT2D eigenvalue weighted by Crippen LogP contribution is 2.32. The lowest BCUT2D eigenvalue weighted by atomic mass is 9.86. The summed E-state index contributed by atoms with van der Waals surface area (Å²) >= 11 is 5.98. The van der Waals surface area contributed by atoms with E-state index >= 15 is 0 Å². The van der Waals surface area contributed by atoms with Crippen LogP contribution in [-0.2, 0) is 4.79 Å². The topological polar surface area (TPSA) is 32.3 Å². The second kappa shape index (κ2) is 7.67. The molecular formula is C19H27ClN2O. The van der Waals surface area contributed by atoms with E-state index in [4.69, 9.17) is 11.6 Å². The zero-order valence-electron chi connectivity index (χ0n) is 13.9. The van der Waals surface area contributed by atoms with E-state index < -0.39 is 0 Å². The summed E-state index contributed by atoms with van der Waals surface area (Å²) in [7, 11) is 0. The van der Waals surface area contributed by atoms with Gasteiger partial charge in [0.2, 0.25) is 5.91 Å². The number of nitrogens with one attached hydrogen (secondary N) is 1. The van der Waals surface area contributed by atoms with Gasteiger partial charge in [-0.2, -0.15) is 0 Å². The number of likely N-dealkylation sites (tertiary alicyclic amines) is 1. The minimum absolute atomic E-state index is 0.185. The molecule has 2 aliphatic rings. The molecule has 3 nitrogen and oxygen atoms in total. The molecule has 1 amide bonds. The minimum Gasteiger partial charge on any atom is -0.352 e. The van der Waals surface area contributed by atoms with Gasteiger partial charge in [-0.25, -0.2) is 0 Å². The molecule has 2 fully saturated rings. The standard InChI is InChI=1S/C19H27ClN2O/c1-14-5-2-3-6-17(14)21-19(23)13-22-12-4-7-18(22)15-8-10-16(20)11-9-15/h8-11,14,17-18H,2-7,12-13H2,1H3,(H,21,23)/t14-,17+,18-/m1/s1. The smallest absolute Gasteiger partial charge is 0.234 e. The molecule has 1 saturated carbocycles. The molecule has 23 heavy (non-hydrogen) atoms. The molecule has 126 valence electrons. The first-order valence-corrected chi connectivity index (χ1v) is 9.30. The number of carbonyl (C=O) groups excluding carboxylic acids is 1. The van der Waals surface area contributed by atoms with Gasteiger partial charge in [0.05, 0.1) is 6.54 Å². The van der Waals surface area contributed by atoms with Gasteiger partial charge < -0.3 is 5.32 Å². The molecule has 0 radical (unpaired) electrons. The molecule has 0 bridgehead atoms. The summed E-state index contributed by atoms with van der Waals surface area (Å²) in [6.45, 7) is 3.77. The molecule has 4 heteroatoms. The first-order chi connectivity index (χ1) is 11.1. The molecule has 0 unspecified atom stereocenters. The van der Waals surface area contributed by atoms with Crippen molar-refractivity contribution in [3.8, 4) is 0 Å². The number of benzene rings is 1. The highest BCUT2D eigenvalue weighted by molar-refractivity contribution is 6.30. The van der Waals surface area contributed by atoms with E-state index in [0.717, 1.165) is 30.8 Å². The van der Waals surface area contributed by atoms with Crippen LogP contribution in [0.4, 0.5) is 0 Å². The summed E-state index contributed by atoms with van der Waals surface area (Å²) in [6.07, 6.45) is 7.19. The number of hydrogen-bond donors (Lipinski definition) is 1. The van der Waals surface area contributed by atoms with Crippen LogP contribution in [0, 0.1) is 5.92 Å². The molecule has 3 atom stereocenters. The molecule has 1 aromatic rings. The van der Waals surface area contributed by atoms with Crippen LogP contribution in [0.1, 0.15) is 57.1 Å². The fraction of sp³-hybridized carbons (Fsp3) is 0.632. The van der Waals surface area contributed by atoms with E-state index in [2.05, 4.69) is 29.3 Å². The quantitative estimate of drug-likeness (QED) is 0.896. The Morgan fingerprint density at radius 2 is 1.91 bits per heavy atom. The number of amides is 1. The second-order valence-corrected chi connectivity index (χ2v) is 7.55. The minimum atomic E-state index is 0.185. The summed E-state index contributed by atoms with van der Waals surface area (Å²) in [6, 6.07) is 8.78. The number of halogens is 1. The zero-order valence-corrected chi connectivity index (χ0v) is 14.7. The molecule has 1 aliphatic carbocycles. The summed E-state index contributed by atoms with van der Waals surface area (Å²) in [5.41, 5.74) is 1.27. The maximum absolute atomic E-state index is 12.5. The van der Waals surface area contributed by atoms with Crippen molar-refractivity contribution >= 4 is 17.5 Å². The predicted octanol–water partition coefficient (Wildman–Crippen LogP) is 4.17. The third-order valence-electron chi connectivity index (χ3n) is 5.42. The summed E-state index contributed by atoms with van der Waals surface area (Å²) in [5, 5.41) is 4.04. The van der Waals surface area contributed by atoms with Gasteiger partial charge in [0.1, 0.15) is 0 Å². The average Bonchev–Trinajstić information content (AvgIpc) is 2.98. The van der Waals surface area contributed by atoms with Crippen LogP contribution in [0.25, 0.3) is 0 Å². The van der Waals surface area contributed by atoms with E-state index in [0.29, 0.717) is 24.5 Å². The van der Waals surface area contributed by atoms with E-state index in [1.165, 1.54) is 24.8 Å². The molecule has 1 saturated heterocycles. The number of rotatable bonds is 4. The summed E-state index contributed by atoms with van der Waals surface area (Å²) in [4.78, 5) is 14.8. The third-order valence-corrected chi connectivity index (χ3v) is 5.67. The Balaban J connectivity index is 1.57. The van der Waals surface area contributed by atoms with Crippen LogP contribution in [-0.4, -0.2) is 29.9 Å². The van der Waals surface area contributed by atoms with Gasteiger partial charge in [0.15, 0.2) is 0 Å². The number of hydrogen-bond acceptors (Lipinski definition) is 2. The Kier molecular flexibility index (Phi) is 5.60. The molecule has 1 aliphatic heterocycles. The normalized spacial score (nSPS) is 28.7. The predicted molar refractivity (Wildman–Crippen MR) is 94.6 cm³/mol. The van der Waals surface area contributed by atoms with Crippen molar-refractivity contribution in [2.75, 3.05) is 13.1 Å². The third kappa shape index (κ3) is 4.27. The summed E-state index contributed by atoms with van der Waals surface area (Å²) in [5.74, 6) is 0.794. The molecule has 3 rings (SSSR count). The van der Waals surface area contributed by atoms with Crippen LogP contribution in [0.15, 0.2) is 24.3 Å². The molecule has 1 heterocycles. The molecule has 1 aromatic carbocycles. The molecule has 0 aromatic heterocycles. The highest BCUT2D eigenvalue weighted by atomic mass is 35.5. The fourth-order valence-electron chi connectivity index (χ4n) is 4.05. The van der Waals surface area contributed by atoms with Gasteiger partial charge >= 0.3 is 0 Å². The van der Waals surface area contributed by atoms with Crippen LogP contribution in [0.3, 0.4) is 0 Å². The first-order valence-electron chi connectivity index (χ1n) is 8.92. The fourth-order valence-corrected chi connectivity index (χ4v) is 4.17. The second-order valence-electron chi connectivity index (χ2n) is 7.12. The molecule has 0 spiro atoms. The van der Waals surface area contributed by atoms with Crippen molar-refractivity contribution in [3.63, 3.8) is 0 Å². The highest BCUT2D eigenvalue weighted by Gasteiger charge is 2.29. The van der Waals surface area contributed by atoms with Crippen molar-refractivity contribution in [1.29, 1.82) is 0 Å². The average molecular weight is 335 g/mol. The first kappa shape index (κ1) is 16.8. The van der Waals surface area contributed by atoms with Crippen LogP contribution in [0.2, 0.25) is 5.02 Å². The van der Waals surface area contributed by atoms with E-state index in [1.54, 1.807) is 0 Å². The van der Waals surface area contributed by atoms with Crippen molar-refractivity contribution in [1.82, 2.24) is 10.2 Å². The Morgan fingerprint density at radius 3 is 2.65 bits per heavy atom. The maximum atomic E-state index is 12.5. The van der Waals surface area contributed by atoms with Gasteiger partial charge in [-0.3, -0.25) is 9.69 Å². The van der Waals surface area contributed by atoms with E-state index in [1.807, 2.05) is 12.1 Å². The van der Waals surface area contributed by atoms with Crippen molar-refractivity contribution in [2.24, 2.45) is 5.92 Å². The lowest BCUT2D eigenvalue weighted by Gasteiger charge is -2.31. The van der Waals surface area contributed by atoms with Crippen molar-refractivity contribution in [3.05, 3.63) is 34.9 Å². The Morgan fingerprint density at radius 1 is 1.17 bits per heavy atom. The van der Waals surface area contributed by atoms with Gasteiger partial charge in [0, 0.05) is 17.1 Å². The van der Waals surface area contributed by atoms with Gasteiger partial charge in [-0.15, -0.1) is 0 Å². The Labute approximate surface area is 144 Å². The Bertz CT molecular complexity index is 531. The maximum Gasteiger partial charge on any atom is 0.234 e. The van der Waals surface area contributed by atoms with Gasteiger partial charge in [-0.1, -0.05) is 43.5 Å². The SMILES string of the molecule is C[C@@H]1CCCC[C@@H]1NC(=O)CN1CCC[C@@H]1c1ccc(Cl)cc1. The number of carbonyl (C=O) groups is 1. The number of nitrogens with zero attached hydrogens (tertiary/aromatic N) is 1. The molecular weight excluding hydrogens is 308 g/mol.